The monoisotopic (exact) mass is 339 g/mol. The van der Waals surface area contributed by atoms with Gasteiger partial charge >= 0.3 is 0 Å². The molecule has 2 rings (SSSR count). The molecule has 1 fully saturated rings. The Morgan fingerprint density at radius 3 is 2.90 bits per heavy atom. The molecule has 2 N–H and O–H groups in total. The van der Waals surface area contributed by atoms with E-state index in [1.54, 1.807) is 0 Å². The van der Waals surface area contributed by atoms with Crippen LogP contribution in [0.5, 0.6) is 0 Å². The third-order valence-electron chi connectivity index (χ3n) is 3.65. The van der Waals surface area contributed by atoms with Crippen LogP contribution in [0.4, 0.5) is 5.69 Å². The molecule has 0 saturated heterocycles. The van der Waals surface area contributed by atoms with E-state index in [0.717, 1.165) is 22.7 Å². The number of benzene rings is 1. The maximum atomic E-state index is 11.8. The van der Waals surface area contributed by atoms with Crippen molar-refractivity contribution in [1.29, 1.82) is 0 Å². The number of hydrogen-bond acceptors (Lipinski definition) is 3. The van der Waals surface area contributed by atoms with E-state index in [0.29, 0.717) is 12.6 Å². The van der Waals surface area contributed by atoms with Crippen LogP contribution in [0.1, 0.15) is 19.8 Å². The van der Waals surface area contributed by atoms with Crippen molar-refractivity contribution < 1.29 is 4.79 Å². The second-order valence-electron chi connectivity index (χ2n) is 5.44. The molecule has 0 spiro atoms. The fourth-order valence-electron chi connectivity index (χ4n) is 2.15. The molecule has 20 heavy (non-hydrogen) atoms. The lowest BCUT2D eigenvalue weighted by atomic mass is 10.3. The van der Waals surface area contributed by atoms with Gasteiger partial charge in [0, 0.05) is 28.8 Å². The number of anilines is 1. The highest BCUT2D eigenvalue weighted by atomic mass is 79.9. The third-order valence-corrected chi connectivity index (χ3v) is 4.15. The predicted molar refractivity (Wildman–Crippen MR) is 85.9 cm³/mol. The smallest absolute Gasteiger partial charge is 0.238 e. The second-order valence-corrected chi connectivity index (χ2v) is 6.35. The minimum atomic E-state index is -0.00984. The maximum Gasteiger partial charge on any atom is 0.238 e. The molecule has 110 valence electrons. The predicted octanol–water partition coefficient (Wildman–Crippen LogP) is 2.46. The number of carbonyl (C=O) groups excluding carboxylic acids is 1. The van der Waals surface area contributed by atoms with Gasteiger partial charge < -0.3 is 10.6 Å². The Balaban J connectivity index is 1.67. The van der Waals surface area contributed by atoms with Crippen molar-refractivity contribution in [2.24, 2.45) is 0 Å². The summed E-state index contributed by atoms with van der Waals surface area (Å²) in [6.45, 7) is 3.37. The van der Waals surface area contributed by atoms with Crippen molar-refractivity contribution in [2.75, 3.05) is 25.5 Å². The van der Waals surface area contributed by atoms with E-state index in [4.69, 9.17) is 0 Å². The Hall–Kier alpha value is -0.910. The van der Waals surface area contributed by atoms with E-state index in [1.165, 1.54) is 12.8 Å². The van der Waals surface area contributed by atoms with Crippen LogP contribution in [0.2, 0.25) is 0 Å². The highest BCUT2D eigenvalue weighted by Crippen LogP contribution is 2.26. The molecular formula is C15H22BrN3O. The molecule has 1 aromatic rings. The van der Waals surface area contributed by atoms with Gasteiger partial charge in [-0.3, -0.25) is 9.69 Å². The maximum absolute atomic E-state index is 11.8. The molecule has 5 heteroatoms. The molecule has 4 nitrogen and oxygen atoms in total. The Labute approximate surface area is 129 Å². The van der Waals surface area contributed by atoms with Gasteiger partial charge in [-0.2, -0.15) is 0 Å². The first-order valence-electron chi connectivity index (χ1n) is 7.04. The van der Waals surface area contributed by atoms with Crippen molar-refractivity contribution in [3.63, 3.8) is 0 Å². The van der Waals surface area contributed by atoms with Crippen LogP contribution in [0, 0.1) is 0 Å². The summed E-state index contributed by atoms with van der Waals surface area (Å²) in [5.41, 5.74) is 0.814. The Bertz CT molecular complexity index is 462. The van der Waals surface area contributed by atoms with Crippen molar-refractivity contribution in [1.82, 2.24) is 10.2 Å². The number of rotatable bonds is 7. The molecule has 1 aliphatic carbocycles. The van der Waals surface area contributed by atoms with Gasteiger partial charge in [0.1, 0.15) is 0 Å². The first-order chi connectivity index (χ1) is 9.56. The molecule has 1 amide bonds. The molecule has 1 aliphatic rings. The van der Waals surface area contributed by atoms with Gasteiger partial charge in [0.2, 0.25) is 5.91 Å². The van der Waals surface area contributed by atoms with Crippen molar-refractivity contribution >= 4 is 27.5 Å². The SMILES string of the molecule is CC(CNCC(=O)Nc1cccc(Br)c1)N(C)C1CC1. The molecule has 1 saturated carbocycles. The summed E-state index contributed by atoms with van der Waals surface area (Å²) in [5.74, 6) is -0.00984. The molecule has 1 unspecified atom stereocenters. The number of halogens is 1. The molecule has 0 aromatic heterocycles. The Morgan fingerprint density at radius 1 is 1.50 bits per heavy atom. The van der Waals surface area contributed by atoms with E-state index in [-0.39, 0.29) is 5.91 Å². The summed E-state index contributed by atoms with van der Waals surface area (Å²) >= 11 is 3.39. The van der Waals surface area contributed by atoms with Gasteiger partial charge in [-0.05, 0) is 45.0 Å². The van der Waals surface area contributed by atoms with Crippen LogP contribution in [0.15, 0.2) is 28.7 Å². The fourth-order valence-corrected chi connectivity index (χ4v) is 2.55. The summed E-state index contributed by atoms with van der Waals surface area (Å²) in [6.07, 6.45) is 2.62. The lowest BCUT2D eigenvalue weighted by Crippen LogP contribution is -2.41. The van der Waals surface area contributed by atoms with E-state index in [9.17, 15) is 4.79 Å². The number of amides is 1. The zero-order valence-electron chi connectivity index (χ0n) is 12.0. The number of nitrogens with zero attached hydrogens (tertiary/aromatic N) is 1. The summed E-state index contributed by atoms with van der Waals surface area (Å²) in [6, 6.07) is 8.82. The van der Waals surface area contributed by atoms with Crippen molar-refractivity contribution in [2.45, 2.75) is 31.8 Å². The molecule has 1 aromatic carbocycles. The van der Waals surface area contributed by atoms with Gasteiger partial charge in [0.25, 0.3) is 0 Å². The van der Waals surface area contributed by atoms with Gasteiger partial charge in [-0.25, -0.2) is 0 Å². The van der Waals surface area contributed by atoms with Gasteiger partial charge in [0.05, 0.1) is 6.54 Å². The highest BCUT2D eigenvalue weighted by Gasteiger charge is 2.28. The standard InChI is InChI=1S/C15H22BrN3O/c1-11(19(2)14-6-7-14)9-17-10-15(20)18-13-5-3-4-12(16)8-13/h3-5,8,11,14,17H,6-7,9-10H2,1-2H3,(H,18,20). The van der Waals surface area contributed by atoms with Crippen LogP contribution in [-0.2, 0) is 4.79 Å². The molecule has 0 aliphatic heterocycles. The second kappa shape index (κ2) is 7.20. The molecule has 0 radical (unpaired) electrons. The topological polar surface area (TPSA) is 44.4 Å². The molecule has 0 heterocycles. The lowest BCUT2D eigenvalue weighted by molar-refractivity contribution is -0.115. The first-order valence-corrected chi connectivity index (χ1v) is 7.83. The molecule has 0 bridgehead atoms. The third kappa shape index (κ3) is 4.89. The summed E-state index contributed by atoms with van der Waals surface area (Å²) in [7, 11) is 2.16. The average molecular weight is 340 g/mol. The zero-order chi connectivity index (χ0) is 14.5. The number of nitrogens with one attached hydrogen (secondary N) is 2. The number of hydrogen-bond donors (Lipinski definition) is 2. The molecule has 1 atom stereocenters. The van der Waals surface area contributed by atoms with E-state index in [2.05, 4.69) is 45.4 Å². The van der Waals surface area contributed by atoms with E-state index in [1.807, 2.05) is 24.3 Å². The van der Waals surface area contributed by atoms with Crippen LogP contribution in [0.25, 0.3) is 0 Å². The summed E-state index contributed by atoms with van der Waals surface area (Å²) in [5, 5.41) is 6.09. The lowest BCUT2D eigenvalue weighted by Gasteiger charge is -2.24. The zero-order valence-corrected chi connectivity index (χ0v) is 13.6. The van der Waals surface area contributed by atoms with Gasteiger partial charge in [0.15, 0.2) is 0 Å². The van der Waals surface area contributed by atoms with Gasteiger partial charge in [-0.1, -0.05) is 22.0 Å². The van der Waals surface area contributed by atoms with Crippen molar-refractivity contribution in [3.05, 3.63) is 28.7 Å². The van der Waals surface area contributed by atoms with Crippen LogP contribution in [-0.4, -0.2) is 43.0 Å². The van der Waals surface area contributed by atoms with Gasteiger partial charge in [-0.15, -0.1) is 0 Å². The Morgan fingerprint density at radius 2 is 2.25 bits per heavy atom. The Kier molecular flexibility index (Phi) is 5.57. The summed E-state index contributed by atoms with van der Waals surface area (Å²) in [4.78, 5) is 14.2. The molecular weight excluding hydrogens is 318 g/mol. The minimum absolute atomic E-state index is 0.00984. The minimum Gasteiger partial charge on any atom is -0.325 e. The van der Waals surface area contributed by atoms with Crippen LogP contribution in [0.3, 0.4) is 0 Å². The number of carbonyl (C=O) groups is 1. The largest absolute Gasteiger partial charge is 0.325 e. The highest BCUT2D eigenvalue weighted by molar-refractivity contribution is 9.10. The van der Waals surface area contributed by atoms with E-state index >= 15 is 0 Å². The quantitative estimate of drug-likeness (QED) is 0.801. The van der Waals surface area contributed by atoms with Crippen LogP contribution >= 0.6 is 15.9 Å². The fraction of sp³-hybridized carbons (Fsp3) is 0.533. The van der Waals surface area contributed by atoms with Crippen molar-refractivity contribution in [3.8, 4) is 0 Å². The normalized spacial score (nSPS) is 16.2. The van der Waals surface area contributed by atoms with Crippen LogP contribution < -0.4 is 10.6 Å². The first kappa shape index (κ1) is 15.5. The summed E-state index contributed by atoms with van der Waals surface area (Å²) < 4.78 is 0.961. The van der Waals surface area contributed by atoms with E-state index < -0.39 is 0 Å². The average Bonchev–Trinajstić information content (AvgIpc) is 3.22. The number of likely N-dealkylation sites (N-methyl/N-ethyl adjacent to an activating group) is 1.